The van der Waals surface area contributed by atoms with Crippen LogP contribution in [0.4, 0.5) is 5.69 Å². The van der Waals surface area contributed by atoms with Crippen LogP contribution in [0.3, 0.4) is 0 Å². The highest BCUT2D eigenvalue weighted by Crippen LogP contribution is 2.35. The predicted octanol–water partition coefficient (Wildman–Crippen LogP) is 1.98. The van der Waals surface area contributed by atoms with Gasteiger partial charge in [0.1, 0.15) is 11.3 Å². The smallest absolute Gasteiger partial charge is 0.360 e. The first kappa shape index (κ1) is 16.0. The van der Waals surface area contributed by atoms with Gasteiger partial charge in [-0.1, -0.05) is 20.8 Å². The Bertz CT molecular complexity index is 533. The molecule has 0 fully saturated rings. The topological polar surface area (TPSA) is 90.6 Å². The number of nitrogens with two attached hydrogens (primary N) is 1. The molecule has 1 rings (SSSR count). The summed E-state index contributed by atoms with van der Waals surface area (Å²) in [6, 6.07) is 3.22. The van der Waals surface area contributed by atoms with Gasteiger partial charge >= 0.3 is 5.97 Å². The molecule has 0 saturated carbocycles. The van der Waals surface area contributed by atoms with Gasteiger partial charge in [0.15, 0.2) is 0 Å². The summed E-state index contributed by atoms with van der Waals surface area (Å²) in [6.07, 6.45) is 0. The highest BCUT2D eigenvalue weighted by Gasteiger charge is 2.24. The summed E-state index contributed by atoms with van der Waals surface area (Å²) in [5.41, 5.74) is 1.31. The fourth-order valence-electron chi connectivity index (χ4n) is 1.89. The number of ether oxygens (including phenoxy) is 1. The fraction of sp³-hybridized carbons (Fsp3) is 0.429. The van der Waals surface area contributed by atoms with Crippen LogP contribution in [0.15, 0.2) is 12.1 Å². The van der Waals surface area contributed by atoms with Crippen LogP contribution < -0.4 is 16.0 Å². The molecule has 6 heteroatoms. The van der Waals surface area contributed by atoms with Gasteiger partial charge in [-0.05, 0) is 17.0 Å². The van der Waals surface area contributed by atoms with Crippen LogP contribution in [0, 0.1) is 0 Å². The molecule has 0 saturated heterocycles. The van der Waals surface area contributed by atoms with E-state index in [1.54, 1.807) is 12.1 Å². The van der Waals surface area contributed by atoms with Gasteiger partial charge in [-0.3, -0.25) is 4.79 Å². The van der Waals surface area contributed by atoms with Gasteiger partial charge in [0.25, 0.3) is 0 Å². The van der Waals surface area contributed by atoms with Crippen LogP contribution in [-0.2, 0) is 15.0 Å². The third kappa shape index (κ3) is 3.48. The second-order valence-electron chi connectivity index (χ2n) is 5.43. The molecule has 0 spiro atoms. The molecule has 1 amide bonds. The zero-order valence-electron chi connectivity index (χ0n) is 12.4. The molecule has 0 aliphatic carbocycles. The van der Waals surface area contributed by atoms with Gasteiger partial charge in [0, 0.05) is 18.7 Å². The first-order valence-electron chi connectivity index (χ1n) is 6.12. The van der Waals surface area contributed by atoms with E-state index in [1.807, 2.05) is 20.8 Å². The quantitative estimate of drug-likeness (QED) is 0.826. The van der Waals surface area contributed by atoms with Crippen molar-refractivity contribution in [1.82, 2.24) is 0 Å². The first-order chi connectivity index (χ1) is 9.20. The molecule has 1 aromatic rings. The maximum absolute atomic E-state index is 11.7. The Hall–Kier alpha value is -2.08. The van der Waals surface area contributed by atoms with Crippen molar-refractivity contribution in [2.24, 2.45) is 5.90 Å². The number of carbonyl (C=O) groups excluding carboxylic acids is 2. The third-order valence-electron chi connectivity index (χ3n) is 2.79. The minimum Gasteiger partial charge on any atom is -0.496 e. The maximum Gasteiger partial charge on any atom is 0.360 e. The van der Waals surface area contributed by atoms with Crippen molar-refractivity contribution in [3.63, 3.8) is 0 Å². The third-order valence-corrected chi connectivity index (χ3v) is 2.79. The summed E-state index contributed by atoms with van der Waals surface area (Å²) in [4.78, 5) is 27.3. The molecule has 20 heavy (non-hydrogen) atoms. The standard InChI is InChI=1S/C14H20N2O4/c1-8(17)16-11-7-12(19-5)9(13(18)20-15)6-10(11)14(2,3)4/h6-7H,15H2,1-5H3,(H,16,17). The molecular weight excluding hydrogens is 260 g/mol. The molecule has 6 nitrogen and oxygen atoms in total. The average Bonchev–Trinajstić information content (AvgIpc) is 2.35. The van der Waals surface area contributed by atoms with Crippen molar-refractivity contribution in [3.05, 3.63) is 23.3 Å². The van der Waals surface area contributed by atoms with Crippen LogP contribution >= 0.6 is 0 Å². The minimum absolute atomic E-state index is 0.202. The summed E-state index contributed by atoms with van der Waals surface area (Å²) in [5.74, 6) is 4.32. The monoisotopic (exact) mass is 280 g/mol. The number of rotatable bonds is 3. The number of hydrogen-bond donors (Lipinski definition) is 2. The number of nitrogens with one attached hydrogen (secondary N) is 1. The number of anilines is 1. The Balaban J connectivity index is 3.52. The lowest BCUT2D eigenvalue weighted by Crippen LogP contribution is -2.19. The first-order valence-corrected chi connectivity index (χ1v) is 6.12. The Morgan fingerprint density at radius 3 is 2.25 bits per heavy atom. The molecule has 0 radical (unpaired) electrons. The molecular formula is C14H20N2O4. The van der Waals surface area contributed by atoms with Crippen molar-refractivity contribution in [2.75, 3.05) is 12.4 Å². The van der Waals surface area contributed by atoms with Crippen molar-refractivity contribution in [2.45, 2.75) is 33.1 Å². The molecule has 0 aromatic heterocycles. The summed E-state index contributed by atoms with van der Waals surface area (Å²) in [6.45, 7) is 7.33. The highest BCUT2D eigenvalue weighted by atomic mass is 16.7. The summed E-state index contributed by atoms with van der Waals surface area (Å²) in [5, 5.41) is 2.74. The molecule has 0 unspecified atom stereocenters. The van der Waals surface area contributed by atoms with E-state index in [0.717, 1.165) is 5.56 Å². The maximum atomic E-state index is 11.7. The van der Waals surface area contributed by atoms with E-state index in [-0.39, 0.29) is 22.6 Å². The Morgan fingerprint density at radius 2 is 1.85 bits per heavy atom. The van der Waals surface area contributed by atoms with Crippen LogP contribution in [0.5, 0.6) is 5.75 Å². The average molecular weight is 280 g/mol. The molecule has 0 heterocycles. The second-order valence-corrected chi connectivity index (χ2v) is 5.43. The van der Waals surface area contributed by atoms with Gasteiger partial charge in [-0.15, -0.1) is 0 Å². The summed E-state index contributed by atoms with van der Waals surface area (Å²) in [7, 11) is 1.43. The molecule has 0 aliphatic rings. The summed E-state index contributed by atoms with van der Waals surface area (Å²) >= 11 is 0. The zero-order chi connectivity index (χ0) is 15.5. The molecule has 0 bridgehead atoms. The molecule has 1 aromatic carbocycles. The van der Waals surface area contributed by atoms with Crippen molar-refractivity contribution < 1.29 is 19.2 Å². The second kappa shape index (κ2) is 5.92. The lowest BCUT2D eigenvalue weighted by atomic mass is 9.84. The molecule has 0 atom stereocenters. The van der Waals surface area contributed by atoms with Gasteiger partial charge in [0.05, 0.1) is 7.11 Å². The predicted molar refractivity (Wildman–Crippen MR) is 75.6 cm³/mol. The van der Waals surface area contributed by atoms with Crippen molar-refractivity contribution >= 4 is 17.6 Å². The van der Waals surface area contributed by atoms with E-state index < -0.39 is 5.97 Å². The van der Waals surface area contributed by atoms with E-state index >= 15 is 0 Å². The Morgan fingerprint density at radius 1 is 1.25 bits per heavy atom. The minimum atomic E-state index is -0.693. The fourth-order valence-corrected chi connectivity index (χ4v) is 1.89. The number of methoxy groups -OCH3 is 1. The van der Waals surface area contributed by atoms with Gasteiger partial charge < -0.3 is 14.9 Å². The molecule has 110 valence electrons. The number of carbonyl (C=O) groups is 2. The van der Waals surface area contributed by atoms with E-state index in [4.69, 9.17) is 10.6 Å². The zero-order valence-corrected chi connectivity index (χ0v) is 12.4. The number of hydrogen-bond acceptors (Lipinski definition) is 5. The molecule has 3 N–H and O–H groups in total. The normalized spacial score (nSPS) is 10.9. The lowest BCUT2D eigenvalue weighted by Gasteiger charge is -2.24. The van der Waals surface area contributed by atoms with Gasteiger partial charge in [-0.2, -0.15) is 5.90 Å². The van der Waals surface area contributed by atoms with Crippen LogP contribution in [0.2, 0.25) is 0 Å². The summed E-state index contributed by atoms with van der Waals surface area (Å²) < 4.78 is 5.15. The highest BCUT2D eigenvalue weighted by molar-refractivity contribution is 5.96. The van der Waals surface area contributed by atoms with E-state index in [0.29, 0.717) is 5.69 Å². The van der Waals surface area contributed by atoms with E-state index in [9.17, 15) is 9.59 Å². The van der Waals surface area contributed by atoms with Gasteiger partial charge in [0.2, 0.25) is 5.91 Å². The lowest BCUT2D eigenvalue weighted by molar-refractivity contribution is -0.114. The number of amides is 1. The Kier molecular flexibility index (Phi) is 4.73. The van der Waals surface area contributed by atoms with E-state index in [1.165, 1.54) is 14.0 Å². The van der Waals surface area contributed by atoms with Gasteiger partial charge in [-0.25, -0.2) is 4.79 Å². The number of benzene rings is 1. The van der Waals surface area contributed by atoms with Crippen LogP contribution in [-0.4, -0.2) is 19.0 Å². The van der Waals surface area contributed by atoms with Crippen LogP contribution in [0.1, 0.15) is 43.6 Å². The van der Waals surface area contributed by atoms with Crippen LogP contribution in [0.25, 0.3) is 0 Å². The van der Waals surface area contributed by atoms with Crippen molar-refractivity contribution in [1.29, 1.82) is 0 Å². The largest absolute Gasteiger partial charge is 0.496 e. The SMILES string of the molecule is COc1cc(NC(C)=O)c(C(C)(C)C)cc1C(=O)ON. The van der Waals surface area contributed by atoms with Crippen molar-refractivity contribution in [3.8, 4) is 5.75 Å². The molecule has 0 aliphatic heterocycles. The Labute approximate surface area is 118 Å². The van der Waals surface area contributed by atoms with E-state index in [2.05, 4.69) is 10.2 Å².